The molecule has 0 aromatic heterocycles. The second-order valence-electron chi connectivity index (χ2n) is 19.9. The van der Waals surface area contributed by atoms with Gasteiger partial charge in [-0.2, -0.15) is 13.2 Å². The van der Waals surface area contributed by atoms with Crippen molar-refractivity contribution in [2.75, 3.05) is 54.0 Å². The molecule has 2 aliphatic heterocycles. The smallest absolute Gasteiger partial charge is 0.230 e. The number of ether oxygens (including phenoxy) is 14. The van der Waals surface area contributed by atoms with Crippen LogP contribution in [0, 0.1) is 27.1 Å². The van der Waals surface area contributed by atoms with Crippen molar-refractivity contribution < 1.29 is 108 Å². The molecule has 86 heavy (non-hydrogen) atoms. The molecule has 0 amide bonds. The molecule has 2 unspecified atom stereocenters. The fourth-order valence-electron chi connectivity index (χ4n) is 9.29. The summed E-state index contributed by atoms with van der Waals surface area (Å²) in [5, 5.41) is 4.17. The summed E-state index contributed by atoms with van der Waals surface area (Å²) in [5.74, 6) is 6.63. The van der Waals surface area contributed by atoms with Gasteiger partial charge in [0.25, 0.3) is 0 Å². The van der Waals surface area contributed by atoms with Crippen LogP contribution >= 0.6 is 0 Å². The van der Waals surface area contributed by atoms with Crippen molar-refractivity contribution in [2.24, 2.45) is 0 Å². The Labute approximate surface area is 528 Å². The van der Waals surface area contributed by atoms with Gasteiger partial charge in [-0.3, -0.25) is 0 Å². The topological polar surface area (TPSA) is 136 Å². The first kappa shape index (κ1) is 61.0. The predicted molar refractivity (Wildman–Crippen MR) is 319 cm³/mol. The van der Waals surface area contributed by atoms with Gasteiger partial charge in [0.2, 0.25) is 27.2 Å². The van der Waals surface area contributed by atoms with Crippen molar-refractivity contribution in [1.82, 2.24) is 0 Å². The van der Waals surface area contributed by atoms with Crippen LogP contribution < -0.4 is 47.4 Å². The molecule has 0 saturated carbocycles. The Balaban J connectivity index is 0.00000410. The van der Waals surface area contributed by atoms with Gasteiger partial charge < -0.3 is 66.3 Å². The molecule has 0 N–H and O–H groups in total. The fraction of sp³-hybridized carbons (Fsp3) is 0.171. The summed E-state index contributed by atoms with van der Waals surface area (Å²) >= 11 is 0. The molecule has 14 nitrogen and oxygen atoms in total. The van der Waals surface area contributed by atoms with Crippen molar-refractivity contribution in [3.8, 4) is 90.9 Å². The van der Waals surface area contributed by atoms with Crippen LogP contribution in [0.3, 0.4) is 0 Å². The minimum Gasteiger partial charge on any atom is -0.568 e. The number of benzene rings is 10. The molecular formula is C70H60O14W2-2. The Bertz CT molecular complexity index is 3770. The third kappa shape index (κ3) is 16.9. The zero-order valence-corrected chi connectivity index (χ0v) is 53.0. The van der Waals surface area contributed by atoms with E-state index >= 15 is 0 Å². The number of epoxide rings is 2. The summed E-state index contributed by atoms with van der Waals surface area (Å²) in [6, 6.07) is 67.1. The summed E-state index contributed by atoms with van der Waals surface area (Å²) in [7, 11) is 0. The van der Waals surface area contributed by atoms with Crippen LogP contribution in [0.4, 0.5) is 0 Å². The Morgan fingerprint density at radius 3 is 1.02 bits per heavy atom. The van der Waals surface area contributed by atoms with E-state index in [1.54, 1.807) is 13.2 Å². The zero-order valence-electron chi connectivity index (χ0n) is 47.1. The van der Waals surface area contributed by atoms with E-state index in [1.165, 1.54) is 0 Å². The minimum absolute atomic E-state index is 0. The van der Waals surface area contributed by atoms with E-state index in [2.05, 4.69) is 56.3 Å². The van der Waals surface area contributed by atoms with E-state index in [-0.39, 0.29) is 95.1 Å². The summed E-state index contributed by atoms with van der Waals surface area (Å²) in [6.45, 7) is 8.97. The number of rotatable bonds is 29. The van der Waals surface area contributed by atoms with Crippen LogP contribution in [-0.4, -0.2) is 66.2 Å². The summed E-state index contributed by atoms with van der Waals surface area (Å²) in [6.07, 6.45) is 0.173. The van der Waals surface area contributed by atoms with Crippen LogP contribution in [0.2, 0.25) is 0 Å². The molecule has 2 heterocycles. The Morgan fingerprint density at radius 2 is 0.640 bits per heavy atom. The van der Waals surface area contributed by atoms with Crippen molar-refractivity contribution in [1.29, 1.82) is 0 Å². The van der Waals surface area contributed by atoms with Crippen molar-refractivity contribution >= 4 is 21.5 Å². The van der Waals surface area contributed by atoms with Crippen LogP contribution in [0.15, 0.2) is 206 Å². The van der Waals surface area contributed by atoms with E-state index in [0.29, 0.717) is 59.2 Å². The molecule has 2 atom stereocenters. The van der Waals surface area contributed by atoms with Crippen LogP contribution in [0.5, 0.6) is 57.5 Å². The first-order chi connectivity index (χ1) is 41.4. The van der Waals surface area contributed by atoms with Crippen LogP contribution in [0.25, 0.3) is 54.9 Å². The van der Waals surface area contributed by atoms with E-state index < -0.39 is 0 Å². The molecule has 2 saturated heterocycles. The Kier molecular flexibility index (Phi) is 21.2. The molecule has 0 aliphatic carbocycles. The van der Waals surface area contributed by atoms with Gasteiger partial charge in [-0.05, 0) is 178 Å². The standard InChI is InChI=1S/C70H60O14.2W/c1-47-4-31-67-53(33-47)13-32-69(84-46-82-62-28-26-60(27-29-62)80-44-78-58-20-11-52(12-21-58)50-7-16-56(17-8-50)76-42-72-38-65-40-74-65)70(67)68-36-63(35-54-34-48(2)3-30-66(54)68)83-45-81-61-24-22-59(23-25-61)79-43-77-57-18-9-51(10-19-57)49-5-14-55(15-6-49)75-41-71-37-64-39-73-64;;/h3-36,39-40,64-65H,37-38,41-46H2,1-2H3;;/q-2;;. The average molecular weight is 1490 g/mol. The molecule has 10 aromatic rings. The van der Waals surface area contributed by atoms with Crippen LogP contribution in [0.1, 0.15) is 11.1 Å². The van der Waals surface area contributed by atoms with E-state index in [4.69, 9.17) is 66.3 Å². The monoisotopic (exact) mass is 1490 g/mol. The van der Waals surface area contributed by atoms with Crippen molar-refractivity contribution in [2.45, 2.75) is 26.1 Å². The molecular weight excluding hydrogens is 1430 g/mol. The second-order valence-corrected chi connectivity index (χ2v) is 19.9. The summed E-state index contributed by atoms with van der Waals surface area (Å²) in [5.41, 5.74) is 8.34. The zero-order chi connectivity index (χ0) is 56.9. The predicted octanol–water partition coefficient (Wildman–Crippen LogP) is 15.1. The molecule has 0 spiro atoms. The van der Waals surface area contributed by atoms with Gasteiger partial charge in [-0.15, -0.1) is 0 Å². The molecule has 2 aliphatic rings. The molecule has 438 valence electrons. The first-order valence-corrected chi connectivity index (χ1v) is 27.5. The minimum atomic E-state index is -0.0421. The maximum absolute atomic E-state index is 6.51. The van der Waals surface area contributed by atoms with Crippen molar-refractivity contribution in [3.63, 3.8) is 0 Å². The van der Waals surface area contributed by atoms with Gasteiger partial charge in [-0.25, -0.2) is 0 Å². The van der Waals surface area contributed by atoms with Gasteiger partial charge in [-0.1, -0.05) is 114 Å². The number of aryl methyl sites for hydroxylation is 2. The molecule has 12 rings (SSSR count). The largest absolute Gasteiger partial charge is 0.568 e. The number of hydrogen-bond donors (Lipinski definition) is 0. The van der Waals surface area contributed by atoms with Crippen molar-refractivity contribution in [3.05, 3.63) is 231 Å². The summed E-state index contributed by atoms with van der Waals surface area (Å²) in [4.78, 5) is 0. The molecule has 16 heteroatoms. The molecule has 2 fully saturated rings. The average Bonchev–Trinajstić information content (AvgIpc) is 1.93. The number of hydrogen-bond acceptors (Lipinski definition) is 14. The maximum atomic E-state index is 6.51. The maximum Gasteiger partial charge on any atom is 0.230 e. The fourth-order valence-corrected chi connectivity index (χ4v) is 9.29. The normalized spacial score (nSPS) is 13.8. The molecule has 0 radical (unpaired) electrons. The van der Waals surface area contributed by atoms with E-state index in [1.807, 2.05) is 164 Å². The Morgan fingerprint density at radius 1 is 0.314 bits per heavy atom. The quantitative estimate of drug-likeness (QED) is 0.0190. The van der Waals surface area contributed by atoms with Crippen LogP contribution in [-0.2, 0) is 61.1 Å². The summed E-state index contributed by atoms with van der Waals surface area (Å²) < 4.78 is 81.0. The Hall–Kier alpha value is -8.06. The third-order valence-corrected chi connectivity index (χ3v) is 13.9. The van der Waals surface area contributed by atoms with E-state index in [9.17, 15) is 0 Å². The van der Waals surface area contributed by atoms with Gasteiger partial charge in [0.1, 0.15) is 57.5 Å². The van der Waals surface area contributed by atoms with E-state index in [0.717, 1.165) is 77.6 Å². The second kappa shape index (κ2) is 29.8. The molecule has 10 aromatic carbocycles. The molecule has 0 bridgehead atoms. The van der Waals surface area contributed by atoms with Gasteiger partial charge in [0.05, 0.1) is 0 Å². The third-order valence-electron chi connectivity index (χ3n) is 13.9. The van der Waals surface area contributed by atoms with Gasteiger partial charge >= 0.3 is 0 Å². The number of fused-ring (bicyclic) bond motifs is 2. The van der Waals surface area contributed by atoms with Gasteiger partial charge in [0, 0.05) is 60.9 Å². The SMILES string of the molecule is Cc1ccc2c(-c3c(OCOc4ccc(OCOc5ccc(-c6ccc(OCOCC7[CH-]O7)cc6)cc5)cc4)ccc4cc(C)ccc34)cc(OCOc3ccc(OCOc4ccc(-c5ccc(OCOCC6[CH-]O6)cc5)cc4)cc3)cc2c1.[W].[W]. The first-order valence-electron chi connectivity index (χ1n) is 27.5. The van der Waals surface area contributed by atoms with Gasteiger partial charge in [0.15, 0.2) is 13.6 Å².